The molecular formula is C19H21N5O. The Labute approximate surface area is 147 Å². The van der Waals surface area contributed by atoms with E-state index in [1.165, 1.54) is 11.3 Å². The molecule has 0 spiro atoms. The van der Waals surface area contributed by atoms with Crippen LogP contribution in [0.25, 0.3) is 0 Å². The van der Waals surface area contributed by atoms with Crippen LogP contribution in [0.2, 0.25) is 0 Å². The highest BCUT2D eigenvalue weighted by Crippen LogP contribution is 2.37. The van der Waals surface area contributed by atoms with Crippen molar-refractivity contribution in [1.29, 1.82) is 5.26 Å². The monoisotopic (exact) mass is 335 g/mol. The number of hydrogen-bond donors (Lipinski definition) is 0. The molecule has 1 aromatic heterocycles. The van der Waals surface area contributed by atoms with E-state index in [-0.39, 0.29) is 0 Å². The Morgan fingerprint density at radius 1 is 1.32 bits per heavy atom. The molecule has 4 rings (SSSR count). The van der Waals surface area contributed by atoms with E-state index in [0.29, 0.717) is 12.1 Å². The van der Waals surface area contributed by atoms with Gasteiger partial charge in [0, 0.05) is 43.0 Å². The highest BCUT2D eigenvalue weighted by molar-refractivity contribution is 5.70. The molecule has 0 bridgehead atoms. The quantitative estimate of drug-likeness (QED) is 0.808. The molecule has 2 aliphatic heterocycles. The molecule has 3 heterocycles. The van der Waals surface area contributed by atoms with Crippen LogP contribution < -0.4 is 4.90 Å². The smallest absolute Gasteiger partial charge is 0.210 e. The number of anilines is 2. The fourth-order valence-electron chi connectivity index (χ4n) is 3.95. The zero-order valence-electron chi connectivity index (χ0n) is 14.4. The van der Waals surface area contributed by atoms with Gasteiger partial charge in [0.05, 0.1) is 18.2 Å². The first-order valence-corrected chi connectivity index (χ1v) is 8.83. The van der Waals surface area contributed by atoms with Crippen molar-refractivity contribution in [2.75, 3.05) is 18.0 Å². The molecule has 0 aliphatic carbocycles. The Kier molecular flexibility index (Phi) is 3.92. The van der Waals surface area contributed by atoms with Crippen molar-refractivity contribution in [2.45, 2.75) is 39.3 Å². The molecule has 0 N–H and O–H groups in total. The molecule has 6 heteroatoms. The van der Waals surface area contributed by atoms with Crippen LogP contribution in [0.4, 0.5) is 11.5 Å². The number of rotatable bonds is 3. The van der Waals surface area contributed by atoms with Gasteiger partial charge in [-0.25, -0.2) is 0 Å². The maximum absolute atomic E-state index is 11.3. The highest BCUT2D eigenvalue weighted by atomic mass is 16.1. The summed E-state index contributed by atoms with van der Waals surface area (Å²) in [5.74, 6) is 0.967. The SMILES string of the molecule is CCn1nc(N2CCCc3cc(C#N)ccc32)c2c1CCN(C=O)C2. The largest absolute Gasteiger partial charge is 0.340 e. The standard InChI is InChI=1S/C19H21N5O/c1-2-24-18-7-9-22(13-25)12-16(18)19(21-24)23-8-3-4-15-10-14(11-20)5-6-17(15)23/h5-6,10,13H,2-4,7-9,12H2,1H3. The average molecular weight is 335 g/mol. The van der Waals surface area contributed by atoms with Gasteiger partial charge >= 0.3 is 0 Å². The molecule has 25 heavy (non-hydrogen) atoms. The number of nitrogens with zero attached hydrogens (tertiary/aromatic N) is 5. The van der Waals surface area contributed by atoms with Crippen molar-refractivity contribution >= 4 is 17.9 Å². The van der Waals surface area contributed by atoms with Crippen molar-refractivity contribution in [2.24, 2.45) is 0 Å². The molecule has 0 saturated carbocycles. The third kappa shape index (κ3) is 2.56. The second-order valence-corrected chi connectivity index (χ2v) is 6.60. The van der Waals surface area contributed by atoms with Crippen molar-refractivity contribution in [3.63, 3.8) is 0 Å². The summed E-state index contributed by atoms with van der Waals surface area (Å²) in [6.07, 6.45) is 3.80. The second kappa shape index (κ2) is 6.25. The maximum atomic E-state index is 11.3. The zero-order chi connectivity index (χ0) is 17.4. The summed E-state index contributed by atoms with van der Waals surface area (Å²) in [5, 5.41) is 14.0. The van der Waals surface area contributed by atoms with Crippen LogP contribution in [0, 0.1) is 11.3 Å². The summed E-state index contributed by atoms with van der Waals surface area (Å²) < 4.78 is 2.07. The minimum absolute atomic E-state index is 0.621. The predicted octanol–water partition coefficient (Wildman–Crippen LogP) is 2.37. The topological polar surface area (TPSA) is 65.2 Å². The van der Waals surface area contributed by atoms with Gasteiger partial charge in [0.2, 0.25) is 6.41 Å². The summed E-state index contributed by atoms with van der Waals surface area (Å²) in [6, 6.07) is 8.12. The minimum atomic E-state index is 0.621. The number of carbonyl (C=O) groups excluding carboxylic acids is 1. The lowest BCUT2D eigenvalue weighted by atomic mass is 9.98. The summed E-state index contributed by atoms with van der Waals surface area (Å²) in [4.78, 5) is 15.3. The van der Waals surface area contributed by atoms with E-state index in [0.717, 1.165) is 62.4 Å². The van der Waals surface area contributed by atoms with Gasteiger partial charge in [-0.3, -0.25) is 9.48 Å². The molecule has 0 saturated heterocycles. The fourth-order valence-corrected chi connectivity index (χ4v) is 3.95. The lowest BCUT2D eigenvalue weighted by Gasteiger charge is -2.32. The van der Waals surface area contributed by atoms with E-state index in [1.807, 2.05) is 23.1 Å². The molecule has 128 valence electrons. The number of fused-ring (bicyclic) bond motifs is 2. The van der Waals surface area contributed by atoms with E-state index < -0.39 is 0 Å². The highest BCUT2D eigenvalue weighted by Gasteiger charge is 2.29. The molecule has 2 aliphatic rings. The number of amides is 1. The van der Waals surface area contributed by atoms with Crippen LogP contribution in [0.1, 0.15) is 35.7 Å². The molecule has 1 amide bonds. The number of nitriles is 1. The van der Waals surface area contributed by atoms with Gasteiger partial charge in [-0.1, -0.05) is 0 Å². The van der Waals surface area contributed by atoms with Crippen molar-refractivity contribution < 1.29 is 4.79 Å². The van der Waals surface area contributed by atoms with Crippen LogP contribution in [-0.2, 0) is 30.7 Å². The van der Waals surface area contributed by atoms with Gasteiger partial charge in [-0.2, -0.15) is 10.4 Å². The second-order valence-electron chi connectivity index (χ2n) is 6.60. The Morgan fingerprint density at radius 3 is 2.96 bits per heavy atom. The molecule has 0 radical (unpaired) electrons. The van der Waals surface area contributed by atoms with Crippen molar-refractivity contribution in [3.8, 4) is 6.07 Å². The van der Waals surface area contributed by atoms with E-state index in [4.69, 9.17) is 10.4 Å². The van der Waals surface area contributed by atoms with E-state index in [1.54, 1.807) is 0 Å². The molecule has 6 nitrogen and oxygen atoms in total. The summed E-state index contributed by atoms with van der Waals surface area (Å²) in [7, 11) is 0. The maximum Gasteiger partial charge on any atom is 0.210 e. The normalized spacial score (nSPS) is 16.2. The van der Waals surface area contributed by atoms with Crippen LogP contribution in [0.15, 0.2) is 18.2 Å². The van der Waals surface area contributed by atoms with Crippen LogP contribution in [0.5, 0.6) is 0 Å². The number of aromatic nitrogens is 2. The minimum Gasteiger partial charge on any atom is -0.340 e. The van der Waals surface area contributed by atoms with E-state index >= 15 is 0 Å². The van der Waals surface area contributed by atoms with Gasteiger partial charge in [0.1, 0.15) is 0 Å². The third-order valence-corrected chi connectivity index (χ3v) is 5.17. The van der Waals surface area contributed by atoms with Gasteiger partial charge < -0.3 is 9.80 Å². The Balaban J connectivity index is 1.80. The average Bonchev–Trinajstić information content (AvgIpc) is 3.04. The number of hydrogen-bond acceptors (Lipinski definition) is 4. The lowest BCUT2D eigenvalue weighted by molar-refractivity contribution is -0.118. The Hall–Kier alpha value is -2.81. The Bertz CT molecular complexity index is 863. The summed E-state index contributed by atoms with van der Waals surface area (Å²) >= 11 is 0. The molecule has 0 unspecified atom stereocenters. The number of benzene rings is 1. The van der Waals surface area contributed by atoms with E-state index in [2.05, 4.69) is 22.6 Å². The predicted molar refractivity (Wildman–Crippen MR) is 94.6 cm³/mol. The first-order valence-electron chi connectivity index (χ1n) is 8.83. The molecule has 0 atom stereocenters. The molecular weight excluding hydrogens is 314 g/mol. The molecule has 2 aromatic rings. The molecule has 0 fully saturated rings. The van der Waals surface area contributed by atoms with Crippen LogP contribution in [-0.4, -0.2) is 34.2 Å². The Morgan fingerprint density at radius 2 is 2.20 bits per heavy atom. The van der Waals surface area contributed by atoms with Crippen molar-refractivity contribution in [1.82, 2.24) is 14.7 Å². The lowest BCUT2D eigenvalue weighted by Crippen LogP contribution is -2.31. The van der Waals surface area contributed by atoms with Crippen molar-refractivity contribution in [3.05, 3.63) is 40.6 Å². The van der Waals surface area contributed by atoms with E-state index in [9.17, 15) is 4.79 Å². The summed E-state index contributed by atoms with van der Waals surface area (Å²) in [5.41, 5.74) is 5.45. The van der Waals surface area contributed by atoms with Gasteiger partial charge in [0.25, 0.3) is 0 Å². The van der Waals surface area contributed by atoms with Gasteiger partial charge in [-0.05, 0) is 43.5 Å². The zero-order valence-corrected chi connectivity index (χ0v) is 14.4. The number of aryl methyl sites for hydroxylation is 2. The van der Waals surface area contributed by atoms with Gasteiger partial charge in [-0.15, -0.1) is 0 Å². The van der Waals surface area contributed by atoms with Gasteiger partial charge in [0.15, 0.2) is 5.82 Å². The first-order chi connectivity index (χ1) is 12.2. The fraction of sp³-hybridized carbons (Fsp3) is 0.421. The third-order valence-electron chi connectivity index (χ3n) is 5.17. The number of carbonyl (C=O) groups is 1. The molecule has 1 aromatic carbocycles. The summed E-state index contributed by atoms with van der Waals surface area (Å²) in [6.45, 7) is 5.22. The first kappa shape index (κ1) is 15.7. The van der Waals surface area contributed by atoms with Crippen LogP contribution in [0.3, 0.4) is 0 Å². The van der Waals surface area contributed by atoms with Crippen LogP contribution >= 0.6 is 0 Å².